The van der Waals surface area contributed by atoms with E-state index in [9.17, 15) is 8.42 Å². The number of nitrogens with zero attached hydrogens (tertiary/aromatic N) is 3. The maximum Gasteiger partial charge on any atom is 0.214 e. The lowest BCUT2D eigenvalue weighted by Crippen LogP contribution is -2.37. The Kier molecular flexibility index (Phi) is 4.55. The minimum Gasteiger partial charge on any atom is -0.337 e. The molecule has 0 amide bonds. The van der Waals surface area contributed by atoms with E-state index in [1.165, 1.54) is 11.1 Å². The Labute approximate surface area is 159 Å². The molecule has 2 N–H and O–H groups in total. The third-order valence-electron chi connectivity index (χ3n) is 5.37. The molecule has 0 saturated carbocycles. The Morgan fingerprint density at radius 3 is 2.78 bits per heavy atom. The Balaban J connectivity index is 1.64. The standard InChI is InChI=1S/C19H25N5O2S/c1-4-5-8-27(25,26)24-7-6-14-17(11-24)22-23-18(14)19-20-15-9-12(2)13(3)10-16(15)21-19/h9-10H,4-8,11H2,1-3H3,(H,20,21)(H,22,23). The number of unbranched alkanes of at least 4 members (excludes halogenated alkanes) is 1. The van der Waals surface area contributed by atoms with E-state index in [1.807, 2.05) is 6.92 Å². The largest absolute Gasteiger partial charge is 0.337 e. The molecule has 0 radical (unpaired) electrons. The van der Waals surface area contributed by atoms with E-state index in [2.05, 4.69) is 41.2 Å². The summed E-state index contributed by atoms with van der Waals surface area (Å²) >= 11 is 0. The van der Waals surface area contributed by atoms with Gasteiger partial charge in [-0.1, -0.05) is 13.3 Å². The van der Waals surface area contributed by atoms with Crippen molar-refractivity contribution in [1.82, 2.24) is 24.5 Å². The SMILES string of the molecule is CCCCS(=O)(=O)N1CCc2c(n[nH]c2-c2nc3cc(C)c(C)cc3[nH]2)C1. The number of hydrogen-bond acceptors (Lipinski definition) is 4. The lowest BCUT2D eigenvalue weighted by Gasteiger charge is -2.25. The summed E-state index contributed by atoms with van der Waals surface area (Å²) < 4.78 is 26.5. The lowest BCUT2D eigenvalue weighted by molar-refractivity contribution is 0.386. The maximum absolute atomic E-state index is 12.5. The number of aromatic amines is 2. The van der Waals surface area contributed by atoms with E-state index in [1.54, 1.807) is 4.31 Å². The van der Waals surface area contributed by atoms with Crippen LogP contribution in [0.2, 0.25) is 0 Å². The second-order valence-corrected chi connectivity index (χ2v) is 9.40. The summed E-state index contributed by atoms with van der Waals surface area (Å²) in [6.07, 6.45) is 2.20. The summed E-state index contributed by atoms with van der Waals surface area (Å²) in [7, 11) is -3.22. The normalized spacial score (nSPS) is 15.4. The van der Waals surface area contributed by atoms with Crippen LogP contribution in [0.3, 0.4) is 0 Å². The number of rotatable bonds is 5. The van der Waals surface area contributed by atoms with Crippen molar-refractivity contribution < 1.29 is 8.42 Å². The number of aromatic nitrogens is 4. The number of sulfonamides is 1. The second kappa shape index (κ2) is 6.76. The Morgan fingerprint density at radius 2 is 2.00 bits per heavy atom. The van der Waals surface area contributed by atoms with Crippen LogP contribution in [-0.2, 0) is 23.0 Å². The van der Waals surface area contributed by atoms with Gasteiger partial charge in [0.25, 0.3) is 0 Å². The number of hydrogen-bond donors (Lipinski definition) is 2. The molecule has 3 aromatic rings. The molecule has 0 spiro atoms. The van der Waals surface area contributed by atoms with Gasteiger partial charge in [-0.25, -0.2) is 13.4 Å². The molecule has 0 unspecified atom stereocenters. The van der Waals surface area contributed by atoms with Crippen LogP contribution in [0, 0.1) is 13.8 Å². The predicted octanol–water partition coefficient (Wildman–Crippen LogP) is 3.06. The van der Waals surface area contributed by atoms with Gasteiger partial charge >= 0.3 is 0 Å². The molecule has 0 saturated heterocycles. The predicted molar refractivity (Wildman–Crippen MR) is 106 cm³/mol. The van der Waals surface area contributed by atoms with E-state index in [4.69, 9.17) is 4.98 Å². The van der Waals surface area contributed by atoms with Crippen LogP contribution in [0.25, 0.3) is 22.6 Å². The van der Waals surface area contributed by atoms with Crippen LogP contribution in [0.1, 0.15) is 42.1 Å². The number of H-pyrrole nitrogens is 2. The summed E-state index contributed by atoms with van der Waals surface area (Å²) in [6.45, 7) is 6.98. The van der Waals surface area contributed by atoms with Gasteiger partial charge in [0.2, 0.25) is 10.0 Å². The molecule has 4 rings (SSSR count). The monoisotopic (exact) mass is 387 g/mol. The number of imidazole rings is 1. The van der Waals surface area contributed by atoms with Gasteiger partial charge in [-0.15, -0.1) is 0 Å². The molecular formula is C19H25N5O2S. The molecule has 3 heterocycles. The maximum atomic E-state index is 12.5. The highest BCUT2D eigenvalue weighted by molar-refractivity contribution is 7.89. The van der Waals surface area contributed by atoms with Gasteiger partial charge in [-0.3, -0.25) is 5.10 Å². The van der Waals surface area contributed by atoms with Crippen molar-refractivity contribution in [2.45, 2.75) is 46.6 Å². The molecule has 2 aromatic heterocycles. The topological polar surface area (TPSA) is 94.7 Å². The molecule has 144 valence electrons. The first-order valence-electron chi connectivity index (χ1n) is 9.40. The van der Waals surface area contributed by atoms with E-state index in [0.717, 1.165) is 40.2 Å². The third kappa shape index (κ3) is 3.27. The van der Waals surface area contributed by atoms with E-state index >= 15 is 0 Å². The van der Waals surface area contributed by atoms with Crippen LogP contribution in [0.5, 0.6) is 0 Å². The molecule has 0 fully saturated rings. The Morgan fingerprint density at radius 1 is 1.22 bits per heavy atom. The minimum atomic E-state index is -3.22. The van der Waals surface area contributed by atoms with Crippen molar-refractivity contribution in [3.05, 3.63) is 34.5 Å². The summed E-state index contributed by atoms with van der Waals surface area (Å²) in [5, 5.41) is 7.46. The smallest absolute Gasteiger partial charge is 0.214 e. The van der Waals surface area contributed by atoms with Crippen molar-refractivity contribution in [2.24, 2.45) is 0 Å². The zero-order valence-corrected chi connectivity index (χ0v) is 16.8. The van der Waals surface area contributed by atoms with Crippen LogP contribution in [0.15, 0.2) is 12.1 Å². The lowest BCUT2D eigenvalue weighted by atomic mass is 10.1. The molecule has 1 aliphatic heterocycles. The fraction of sp³-hybridized carbons (Fsp3) is 0.474. The van der Waals surface area contributed by atoms with Gasteiger partial charge in [-0.2, -0.15) is 9.40 Å². The highest BCUT2D eigenvalue weighted by atomic mass is 32.2. The number of nitrogens with one attached hydrogen (secondary N) is 2. The Bertz CT molecular complexity index is 1060. The summed E-state index contributed by atoms with van der Waals surface area (Å²) in [5.41, 5.74) is 7.07. The first kappa shape index (κ1) is 18.2. The first-order chi connectivity index (χ1) is 12.9. The molecule has 1 aliphatic rings. The Hall–Kier alpha value is -2.19. The summed E-state index contributed by atoms with van der Waals surface area (Å²) in [5.74, 6) is 0.962. The van der Waals surface area contributed by atoms with E-state index in [0.29, 0.717) is 25.9 Å². The van der Waals surface area contributed by atoms with Gasteiger partial charge in [-0.05, 0) is 49.9 Å². The van der Waals surface area contributed by atoms with Crippen LogP contribution in [-0.4, -0.2) is 45.2 Å². The van der Waals surface area contributed by atoms with Gasteiger partial charge in [0, 0.05) is 12.1 Å². The summed E-state index contributed by atoms with van der Waals surface area (Å²) in [4.78, 5) is 8.09. The highest BCUT2D eigenvalue weighted by Gasteiger charge is 2.30. The van der Waals surface area contributed by atoms with E-state index in [-0.39, 0.29) is 5.75 Å². The molecule has 8 heteroatoms. The zero-order valence-electron chi connectivity index (χ0n) is 16.0. The molecular weight excluding hydrogens is 362 g/mol. The zero-order chi connectivity index (χ0) is 19.2. The third-order valence-corrected chi connectivity index (χ3v) is 7.28. The van der Waals surface area contributed by atoms with Gasteiger partial charge in [0.15, 0.2) is 5.82 Å². The molecule has 7 nitrogen and oxygen atoms in total. The minimum absolute atomic E-state index is 0.207. The van der Waals surface area contributed by atoms with E-state index < -0.39 is 10.0 Å². The van der Waals surface area contributed by atoms with Crippen molar-refractivity contribution in [2.75, 3.05) is 12.3 Å². The molecule has 1 aromatic carbocycles. The highest BCUT2D eigenvalue weighted by Crippen LogP contribution is 2.29. The first-order valence-corrected chi connectivity index (χ1v) is 11.0. The van der Waals surface area contributed by atoms with Crippen molar-refractivity contribution >= 4 is 21.1 Å². The van der Waals surface area contributed by atoms with Gasteiger partial charge in [0.05, 0.1) is 29.0 Å². The second-order valence-electron chi connectivity index (χ2n) is 7.32. The number of benzene rings is 1. The molecule has 0 aliphatic carbocycles. The average molecular weight is 388 g/mol. The molecule has 0 bridgehead atoms. The fourth-order valence-corrected chi connectivity index (χ4v) is 5.16. The van der Waals surface area contributed by atoms with Gasteiger partial charge < -0.3 is 4.98 Å². The number of fused-ring (bicyclic) bond motifs is 2. The van der Waals surface area contributed by atoms with Crippen molar-refractivity contribution in [3.63, 3.8) is 0 Å². The molecule has 0 atom stereocenters. The van der Waals surface area contributed by atoms with Gasteiger partial charge in [0.1, 0.15) is 5.69 Å². The quantitative estimate of drug-likeness (QED) is 0.703. The van der Waals surface area contributed by atoms with Crippen molar-refractivity contribution in [3.8, 4) is 11.5 Å². The van der Waals surface area contributed by atoms with Crippen LogP contribution < -0.4 is 0 Å². The molecule has 27 heavy (non-hydrogen) atoms. The van der Waals surface area contributed by atoms with Crippen molar-refractivity contribution in [1.29, 1.82) is 0 Å². The van der Waals surface area contributed by atoms with Crippen LogP contribution >= 0.6 is 0 Å². The fourth-order valence-electron chi connectivity index (χ4n) is 3.56. The van der Waals surface area contributed by atoms with Crippen LogP contribution in [0.4, 0.5) is 0 Å². The number of aryl methyl sites for hydroxylation is 2. The summed E-state index contributed by atoms with van der Waals surface area (Å²) in [6, 6.07) is 4.18. The average Bonchev–Trinajstić information content (AvgIpc) is 3.23.